The fourth-order valence-corrected chi connectivity index (χ4v) is 3.06. The standard InChI is InChI=1S/C17H16FN3O4S/c1-2-24-15(22)7-12-9-26-17(19-12)20-16(23)14-8-13(21-25-14)10-4-3-5-11(18)6-10/h3-6,9,14H,2,7-8H2,1H3,(H,19,20,23). The van der Waals surface area contributed by atoms with Gasteiger partial charge >= 0.3 is 5.97 Å². The first-order chi connectivity index (χ1) is 12.5. The van der Waals surface area contributed by atoms with Gasteiger partial charge in [-0.05, 0) is 19.1 Å². The summed E-state index contributed by atoms with van der Waals surface area (Å²) in [6.07, 6.45) is -0.533. The van der Waals surface area contributed by atoms with E-state index in [0.717, 1.165) is 0 Å². The molecule has 0 saturated carbocycles. The molecule has 9 heteroatoms. The Kier molecular flexibility index (Phi) is 5.57. The molecular weight excluding hydrogens is 361 g/mol. The maximum absolute atomic E-state index is 13.3. The van der Waals surface area contributed by atoms with E-state index in [-0.39, 0.29) is 24.6 Å². The minimum atomic E-state index is -0.814. The zero-order valence-corrected chi connectivity index (χ0v) is 14.7. The highest BCUT2D eigenvalue weighted by molar-refractivity contribution is 7.13. The maximum atomic E-state index is 13.3. The molecule has 1 atom stereocenters. The molecule has 0 spiro atoms. The first kappa shape index (κ1) is 18.0. The van der Waals surface area contributed by atoms with Gasteiger partial charge in [0.25, 0.3) is 5.91 Å². The Morgan fingerprint density at radius 2 is 2.31 bits per heavy atom. The van der Waals surface area contributed by atoms with Gasteiger partial charge in [0.15, 0.2) is 5.13 Å². The highest BCUT2D eigenvalue weighted by Gasteiger charge is 2.29. The van der Waals surface area contributed by atoms with Crippen LogP contribution in [0.2, 0.25) is 0 Å². The van der Waals surface area contributed by atoms with Gasteiger partial charge in [-0.2, -0.15) is 0 Å². The monoisotopic (exact) mass is 377 g/mol. The lowest BCUT2D eigenvalue weighted by Crippen LogP contribution is -2.28. The van der Waals surface area contributed by atoms with Crippen molar-refractivity contribution in [3.63, 3.8) is 0 Å². The molecular formula is C17H16FN3O4S. The number of ether oxygens (including phenoxy) is 1. The van der Waals surface area contributed by atoms with Gasteiger partial charge in [-0.15, -0.1) is 11.3 Å². The number of aromatic nitrogens is 1. The normalized spacial score (nSPS) is 15.9. The van der Waals surface area contributed by atoms with Crippen molar-refractivity contribution in [3.8, 4) is 0 Å². The summed E-state index contributed by atoms with van der Waals surface area (Å²) in [5.74, 6) is -1.16. The largest absolute Gasteiger partial charge is 0.466 e. The molecule has 1 amide bonds. The average molecular weight is 377 g/mol. The molecule has 1 unspecified atom stereocenters. The fraction of sp³-hybridized carbons (Fsp3) is 0.294. The van der Waals surface area contributed by atoms with Crippen LogP contribution in [-0.4, -0.2) is 35.3 Å². The minimum Gasteiger partial charge on any atom is -0.466 e. The molecule has 0 fully saturated rings. The molecule has 7 nitrogen and oxygen atoms in total. The van der Waals surface area contributed by atoms with E-state index >= 15 is 0 Å². The van der Waals surface area contributed by atoms with Crippen LogP contribution in [0, 0.1) is 5.82 Å². The van der Waals surface area contributed by atoms with Gasteiger partial charge in [-0.3, -0.25) is 14.9 Å². The number of benzene rings is 1. The van der Waals surface area contributed by atoms with Crippen LogP contribution < -0.4 is 5.32 Å². The molecule has 1 aromatic carbocycles. The molecule has 1 aromatic heterocycles. The molecule has 1 aliphatic heterocycles. The number of halogens is 1. The Morgan fingerprint density at radius 3 is 3.08 bits per heavy atom. The Morgan fingerprint density at radius 1 is 1.46 bits per heavy atom. The van der Waals surface area contributed by atoms with E-state index in [2.05, 4.69) is 15.5 Å². The first-order valence-corrected chi connectivity index (χ1v) is 8.82. The zero-order valence-electron chi connectivity index (χ0n) is 13.9. The van der Waals surface area contributed by atoms with Crippen molar-refractivity contribution >= 4 is 34.1 Å². The number of thiazole rings is 1. The minimum absolute atomic E-state index is 0.0486. The second-order valence-electron chi connectivity index (χ2n) is 5.46. The van der Waals surface area contributed by atoms with Crippen molar-refractivity contribution < 1.29 is 23.6 Å². The summed E-state index contributed by atoms with van der Waals surface area (Å²) in [5, 5.41) is 8.54. The van der Waals surface area contributed by atoms with Crippen LogP contribution in [-0.2, 0) is 25.6 Å². The number of hydrogen-bond acceptors (Lipinski definition) is 7. The molecule has 136 valence electrons. The molecule has 1 aliphatic rings. The molecule has 26 heavy (non-hydrogen) atoms. The van der Waals surface area contributed by atoms with Crippen LogP contribution in [0.4, 0.5) is 9.52 Å². The van der Waals surface area contributed by atoms with Gasteiger partial charge in [0.2, 0.25) is 6.10 Å². The lowest BCUT2D eigenvalue weighted by Gasteiger charge is -2.07. The number of anilines is 1. The highest BCUT2D eigenvalue weighted by atomic mass is 32.1. The summed E-state index contributed by atoms with van der Waals surface area (Å²) in [4.78, 5) is 33.1. The van der Waals surface area contributed by atoms with Crippen LogP contribution in [0.1, 0.15) is 24.6 Å². The van der Waals surface area contributed by atoms with E-state index in [1.54, 1.807) is 24.4 Å². The van der Waals surface area contributed by atoms with Crippen LogP contribution >= 0.6 is 11.3 Å². The third-order valence-electron chi connectivity index (χ3n) is 3.53. The average Bonchev–Trinajstić information content (AvgIpc) is 3.25. The number of nitrogens with zero attached hydrogens (tertiary/aromatic N) is 2. The number of esters is 1. The second kappa shape index (κ2) is 8.05. The van der Waals surface area contributed by atoms with Crippen molar-refractivity contribution in [1.29, 1.82) is 0 Å². The van der Waals surface area contributed by atoms with Gasteiger partial charge in [-0.1, -0.05) is 17.3 Å². The first-order valence-electron chi connectivity index (χ1n) is 7.94. The molecule has 0 radical (unpaired) electrons. The zero-order chi connectivity index (χ0) is 18.5. The van der Waals surface area contributed by atoms with Crippen LogP contribution in [0.15, 0.2) is 34.8 Å². The molecule has 0 saturated heterocycles. The summed E-state index contributed by atoms with van der Waals surface area (Å²) in [6, 6.07) is 5.95. The summed E-state index contributed by atoms with van der Waals surface area (Å²) in [5.41, 5.74) is 1.60. The highest BCUT2D eigenvalue weighted by Crippen LogP contribution is 2.21. The van der Waals surface area contributed by atoms with Gasteiger partial charge in [-0.25, -0.2) is 9.37 Å². The lowest BCUT2D eigenvalue weighted by atomic mass is 10.0. The van der Waals surface area contributed by atoms with Crippen LogP contribution in [0.5, 0.6) is 0 Å². The van der Waals surface area contributed by atoms with E-state index in [1.807, 2.05) is 0 Å². The number of amides is 1. The summed E-state index contributed by atoms with van der Waals surface area (Å²) in [7, 11) is 0. The van der Waals surface area contributed by atoms with Crippen LogP contribution in [0.25, 0.3) is 0 Å². The fourth-order valence-electron chi connectivity index (χ4n) is 2.35. The van der Waals surface area contributed by atoms with Gasteiger partial charge in [0.05, 0.1) is 24.4 Å². The van der Waals surface area contributed by atoms with Crippen molar-refractivity contribution in [2.24, 2.45) is 5.16 Å². The van der Waals surface area contributed by atoms with E-state index in [0.29, 0.717) is 28.7 Å². The molecule has 2 heterocycles. The van der Waals surface area contributed by atoms with Gasteiger partial charge in [0.1, 0.15) is 5.82 Å². The number of oxime groups is 1. The number of hydrogen-bond donors (Lipinski definition) is 1. The Hall–Kier alpha value is -2.81. The molecule has 3 rings (SSSR count). The molecule has 0 bridgehead atoms. The number of carbonyl (C=O) groups excluding carboxylic acids is 2. The topological polar surface area (TPSA) is 89.9 Å². The quantitative estimate of drug-likeness (QED) is 0.782. The SMILES string of the molecule is CCOC(=O)Cc1csc(NC(=O)C2CC(c3cccc(F)c3)=NO2)n1. The maximum Gasteiger partial charge on any atom is 0.311 e. The number of carbonyl (C=O) groups is 2. The Labute approximate surface area is 152 Å². The summed E-state index contributed by atoms with van der Waals surface area (Å²) in [6.45, 7) is 2.03. The van der Waals surface area contributed by atoms with Gasteiger partial charge in [0, 0.05) is 17.4 Å². The van der Waals surface area contributed by atoms with Crippen molar-refractivity contribution in [2.75, 3.05) is 11.9 Å². The van der Waals surface area contributed by atoms with E-state index in [4.69, 9.17) is 9.57 Å². The van der Waals surface area contributed by atoms with E-state index in [9.17, 15) is 14.0 Å². The van der Waals surface area contributed by atoms with Gasteiger partial charge < -0.3 is 9.57 Å². The predicted molar refractivity (Wildman–Crippen MR) is 93.5 cm³/mol. The smallest absolute Gasteiger partial charge is 0.311 e. The second-order valence-corrected chi connectivity index (χ2v) is 6.32. The molecule has 1 N–H and O–H groups in total. The summed E-state index contributed by atoms with van der Waals surface area (Å²) >= 11 is 1.20. The number of nitrogens with one attached hydrogen (secondary N) is 1. The summed E-state index contributed by atoms with van der Waals surface area (Å²) < 4.78 is 18.1. The van der Waals surface area contributed by atoms with Crippen molar-refractivity contribution in [1.82, 2.24) is 4.98 Å². The third kappa shape index (κ3) is 4.42. The lowest BCUT2D eigenvalue weighted by molar-refractivity contribution is -0.142. The predicted octanol–water partition coefficient (Wildman–Crippen LogP) is 2.52. The van der Waals surface area contributed by atoms with Crippen LogP contribution in [0.3, 0.4) is 0 Å². The van der Waals surface area contributed by atoms with E-state index in [1.165, 1.54) is 23.5 Å². The molecule has 2 aromatic rings. The third-order valence-corrected chi connectivity index (χ3v) is 4.34. The molecule has 0 aliphatic carbocycles. The van der Waals surface area contributed by atoms with Crippen molar-refractivity contribution in [3.05, 3.63) is 46.7 Å². The number of rotatable bonds is 6. The van der Waals surface area contributed by atoms with Crippen molar-refractivity contribution in [2.45, 2.75) is 25.9 Å². The Bertz CT molecular complexity index is 852. The Balaban J connectivity index is 1.55. The van der Waals surface area contributed by atoms with E-state index < -0.39 is 12.0 Å².